The predicted octanol–water partition coefficient (Wildman–Crippen LogP) is 8.06. The maximum absolute atomic E-state index is 15.1. The van der Waals surface area contributed by atoms with Gasteiger partial charge in [0, 0.05) is 90.7 Å². The van der Waals surface area contributed by atoms with Crippen LogP contribution in [0.4, 0.5) is 0 Å². The molecule has 88 heavy (non-hydrogen) atoms. The lowest BCUT2D eigenvalue weighted by Gasteiger charge is -2.35. The third kappa shape index (κ3) is 18.8. The highest BCUT2D eigenvalue weighted by Gasteiger charge is 2.43. The lowest BCUT2D eigenvalue weighted by atomic mass is 9.99. The monoisotopic (exact) mass is 1220 g/mol. The molecule has 0 spiro atoms. The van der Waals surface area contributed by atoms with Crippen molar-refractivity contribution in [3.8, 4) is 0 Å². The molecule has 4 aromatic rings. The molecule has 0 radical (unpaired) electrons. The first kappa shape index (κ1) is 68.1. The van der Waals surface area contributed by atoms with E-state index in [9.17, 15) is 28.8 Å². The van der Waals surface area contributed by atoms with E-state index in [2.05, 4.69) is 10.2 Å². The van der Waals surface area contributed by atoms with E-state index in [1.165, 1.54) is 77.5 Å². The summed E-state index contributed by atoms with van der Waals surface area (Å²) in [4.78, 5) is 123. The SMILES string of the molecule is CC(C)C[C@H]1C(=O)O[C@H](Cc2ccc(Cc3ccnn3CC3CC3)cc2)C(=O)N(C)[C@@H](CC(C)C)C(=O)O[C@H](C)C(=O)N(C)[C@@H](CC(C)C)C(=O)O[C@H](Cc2ccc(Cc3ccnn3CC3CC3)cc2)C(=O)N(C)[C@@H](CC(C)C)C(=O)O[C@H](C)C(=O)N1C. The van der Waals surface area contributed by atoms with Gasteiger partial charge >= 0.3 is 23.9 Å². The first-order chi connectivity index (χ1) is 41.7. The number of rotatable bonds is 20. The van der Waals surface area contributed by atoms with Gasteiger partial charge in [-0.3, -0.25) is 28.5 Å². The van der Waals surface area contributed by atoms with Crippen LogP contribution in [0, 0.1) is 35.5 Å². The Morgan fingerprint density at radius 3 is 0.955 bits per heavy atom. The second-order valence-electron chi connectivity index (χ2n) is 26.7. The summed E-state index contributed by atoms with van der Waals surface area (Å²) in [6.07, 6.45) is 3.73. The van der Waals surface area contributed by atoms with Gasteiger partial charge < -0.3 is 38.5 Å². The molecule has 2 aliphatic carbocycles. The molecule has 2 aromatic carbocycles. The number of ether oxygens (including phenoxy) is 4. The zero-order valence-corrected chi connectivity index (χ0v) is 54.4. The molecule has 7 rings (SSSR count). The van der Waals surface area contributed by atoms with Crippen molar-refractivity contribution in [2.75, 3.05) is 28.2 Å². The van der Waals surface area contributed by atoms with Crippen LogP contribution in [0.2, 0.25) is 0 Å². The smallest absolute Gasteiger partial charge is 0.329 e. The van der Waals surface area contributed by atoms with E-state index in [1.807, 2.05) is 125 Å². The van der Waals surface area contributed by atoms with E-state index in [0.29, 0.717) is 35.8 Å². The van der Waals surface area contributed by atoms with E-state index in [4.69, 9.17) is 18.9 Å². The zero-order valence-electron chi connectivity index (χ0n) is 54.4. The molecular weight excluding hydrogens is 1120 g/mol. The third-order valence-corrected chi connectivity index (χ3v) is 17.0. The van der Waals surface area contributed by atoms with Gasteiger partial charge in [-0.05, 0) is 135 Å². The van der Waals surface area contributed by atoms with Gasteiger partial charge in [0.1, 0.15) is 24.2 Å². The van der Waals surface area contributed by atoms with Crippen molar-refractivity contribution in [2.45, 2.75) is 208 Å². The maximum Gasteiger partial charge on any atom is 0.329 e. The van der Waals surface area contributed by atoms with Gasteiger partial charge in [-0.15, -0.1) is 0 Å². The second-order valence-corrected chi connectivity index (χ2v) is 26.7. The number of hydrogen-bond acceptors (Lipinski definition) is 14. The van der Waals surface area contributed by atoms with Crippen LogP contribution >= 0.6 is 0 Å². The van der Waals surface area contributed by atoms with Gasteiger partial charge in [-0.2, -0.15) is 10.2 Å². The lowest BCUT2D eigenvalue weighted by Crippen LogP contribution is -2.55. The highest BCUT2D eigenvalue weighted by molar-refractivity contribution is 5.94. The number of cyclic esters (lactones) is 4. The Labute approximate surface area is 520 Å². The number of benzene rings is 2. The van der Waals surface area contributed by atoms with Crippen molar-refractivity contribution in [1.29, 1.82) is 0 Å². The number of amides is 4. The molecule has 1 saturated heterocycles. The van der Waals surface area contributed by atoms with Crippen molar-refractivity contribution in [2.24, 2.45) is 35.5 Å². The minimum Gasteiger partial charge on any atom is -0.451 e. The van der Waals surface area contributed by atoms with E-state index in [-0.39, 0.29) is 62.2 Å². The Morgan fingerprint density at radius 1 is 0.398 bits per heavy atom. The van der Waals surface area contributed by atoms with E-state index in [0.717, 1.165) is 45.4 Å². The van der Waals surface area contributed by atoms with Gasteiger partial charge in [0.05, 0.1) is 0 Å². The van der Waals surface area contributed by atoms with Crippen LogP contribution in [0.5, 0.6) is 0 Å². The fraction of sp³-hybridized carbons (Fsp3) is 0.618. The fourth-order valence-corrected chi connectivity index (χ4v) is 11.4. The first-order valence-electron chi connectivity index (χ1n) is 31.7. The Kier molecular flexibility index (Phi) is 23.8. The summed E-state index contributed by atoms with van der Waals surface area (Å²) in [5, 5.41) is 9.09. The summed E-state index contributed by atoms with van der Waals surface area (Å²) in [6.45, 7) is 19.4. The van der Waals surface area contributed by atoms with Crippen LogP contribution in [0.3, 0.4) is 0 Å². The molecule has 8 atom stereocenters. The number of carbonyl (C=O) groups excluding carboxylic acids is 8. The molecule has 2 aromatic heterocycles. The molecule has 0 N–H and O–H groups in total. The van der Waals surface area contributed by atoms with Crippen LogP contribution in [-0.2, 0) is 96.1 Å². The summed E-state index contributed by atoms with van der Waals surface area (Å²) in [7, 11) is 5.65. The molecule has 480 valence electrons. The van der Waals surface area contributed by atoms with Gasteiger partial charge in [-0.25, -0.2) is 19.2 Å². The second kappa shape index (κ2) is 30.7. The zero-order chi connectivity index (χ0) is 64.3. The summed E-state index contributed by atoms with van der Waals surface area (Å²) >= 11 is 0. The Morgan fingerprint density at radius 2 is 0.670 bits per heavy atom. The summed E-state index contributed by atoms with van der Waals surface area (Å²) in [5.74, 6) is -6.03. The normalized spacial score (nSPS) is 23.9. The molecule has 3 fully saturated rings. The Bertz CT molecular complexity index is 2820. The minimum atomic E-state index is -1.52. The number of carbonyl (C=O) groups is 8. The highest BCUT2D eigenvalue weighted by Crippen LogP contribution is 2.32. The molecule has 2 saturated carbocycles. The summed E-state index contributed by atoms with van der Waals surface area (Å²) < 4.78 is 28.5. The topological polar surface area (TPSA) is 222 Å². The molecule has 20 heteroatoms. The van der Waals surface area contributed by atoms with Crippen molar-refractivity contribution in [1.82, 2.24) is 39.2 Å². The number of esters is 4. The van der Waals surface area contributed by atoms with Crippen LogP contribution in [0.25, 0.3) is 0 Å². The fourth-order valence-electron chi connectivity index (χ4n) is 11.4. The van der Waals surface area contributed by atoms with Crippen LogP contribution < -0.4 is 0 Å². The molecule has 3 aliphatic rings. The van der Waals surface area contributed by atoms with Gasteiger partial charge in [0.2, 0.25) is 0 Å². The molecule has 0 bridgehead atoms. The van der Waals surface area contributed by atoms with Crippen molar-refractivity contribution in [3.63, 3.8) is 0 Å². The third-order valence-electron chi connectivity index (χ3n) is 17.0. The minimum absolute atomic E-state index is 0.0906. The highest BCUT2D eigenvalue weighted by atomic mass is 16.6. The van der Waals surface area contributed by atoms with Crippen LogP contribution in [-0.4, -0.2) is 163 Å². The molecule has 3 heterocycles. The molecular formula is C68H96N8O12. The first-order valence-corrected chi connectivity index (χ1v) is 31.7. The van der Waals surface area contributed by atoms with Gasteiger partial charge in [0.25, 0.3) is 23.6 Å². The number of nitrogens with zero attached hydrogens (tertiary/aromatic N) is 8. The predicted molar refractivity (Wildman–Crippen MR) is 331 cm³/mol. The van der Waals surface area contributed by atoms with Crippen LogP contribution in [0.15, 0.2) is 73.1 Å². The van der Waals surface area contributed by atoms with Gasteiger partial charge in [0.15, 0.2) is 24.4 Å². The van der Waals surface area contributed by atoms with Crippen molar-refractivity contribution < 1.29 is 57.3 Å². The largest absolute Gasteiger partial charge is 0.451 e. The molecule has 0 unspecified atom stereocenters. The number of likely N-dealkylation sites (N-methyl/N-ethyl adjacent to an activating group) is 4. The van der Waals surface area contributed by atoms with Gasteiger partial charge in [-0.1, -0.05) is 104 Å². The van der Waals surface area contributed by atoms with E-state index < -0.39 is 96.1 Å². The molecule has 20 nitrogen and oxygen atoms in total. The number of aromatic nitrogens is 4. The van der Waals surface area contributed by atoms with E-state index in [1.54, 1.807) is 12.4 Å². The average Bonchev–Trinajstić information content (AvgIpc) is 2.91. The standard InChI is InChI=1S/C68H96N8O12/c1-41(2)31-55-65(81)85-45(9)61(77)71(11)58(34-44(7)8)68(84)88-60(38-50-21-17-48(18-22-50)36-54-28-30-70-76(54)40-52-25-26-52)64(80)74(14)56(32-42(3)4)66(82)86-46(10)62(78)72(12)57(33-43(5)6)67(83)87-59(63(79)73(55)13)37-49-19-15-47(16-20-49)35-53-27-29-69-75(53)39-51-23-24-51/h15-22,27-30,41-46,51-52,55-60H,23-26,31-40H2,1-14H3/t45-,46-,55+,56+,57+,58+,59-,60-/m1/s1. The Hall–Kier alpha value is -7.38. The molecule has 4 amide bonds. The molecule has 1 aliphatic heterocycles. The lowest BCUT2D eigenvalue weighted by molar-refractivity contribution is -0.176. The van der Waals surface area contributed by atoms with E-state index >= 15 is 9.59 Å². The Balaban J connectivity index is 1.23. The van der Waals surface area contributed by atoms with Crippen molar-refractivity contribution >= 4 is 47.5 Å². The maximum atomic E-state index is 15.1. The summed E-state index contributed by atoms with van der Waals surface area (Å²) in [5.41, 5.74) is 5.43. The number of hydrogen-bond donors (Lipinski definition) is 0. The van der Waals surface area contributed by atoms with Crippen molar-refractivity contribution in [3.05, 3.63) is 107 Å². The summed E-state index contributed by atoms with van der Waals surface area (Å²) in [6, 6.07) is 14.1. The van der Waals surface area contributed by atoms with Crippen LogP contribution in [0.1, 0.15) is 154 Å². The average molecular weight is 1220 g/mol. The quantitative estimate of drug-likeness (QED) is 0.0603.